The quantitative estimate of drug-likeness (QED) is 0.887. The Kier molecular flexibility index (Phi) is 3.49. The first-order valence-corrected chi connectivity index (χ1v) is 7.57. The first kappa shape index (κ1) is 13.2. The summed E-state index contributed by atoms with van der Waals surface area (Å²) in [5, 5.41) is 9.47. The van der Waals surface area contributed by atoms with Gasteiger partial charge in [-0.3, -0.25) is 0 Å². The molecule has 0 aliphatic carbocycles. The summed E-state index contributed by atoms with van der Waals surface area (Å²) in [7, 11) is -2.98. The van der Waals surface area contributed by atoms with E-state index in [1.54, 1.807) is 17.0 Å². The fourth-order valence-electron chi connectivity index (χ4n) is 1.91. The van der Waals surface area contributed by atoms with Crippen LogP contribution in [-0.4, -0.2) is 44.1 Å². The third kappa shape index (κ3) is 2.76. The first-order valence-electron chi connectivity index (χ1n) is 5.37. The number of benzene rings is 1. The maximum absolute atomic E-state index is 11.3. The van der Waals surface area contributed by atoms with Crippen LogP contribution in [0.15, 0.2) is 18.2 Å². The van der Waals surface area contributed by atoms with Gasteiger partial charge in [0.25, 0.3) is 0 Å². The van der Waals surface area contributed by atoms with Gasteiger partial charge in [-0.15, -0.1) is 0 Å². The van der Waals surface area contributed by atoms with Gasteiger partial charge in [0, 0.05) is 18.1 Å². The Morgan fingerprint density at radius 1 is 1.28 bits per heavy atom. The van der Waals surface area contributed by atoms with E-state index in [4.69, 9.17) is 16.7 Å². The lowest BCUT2D eigenvalue weighted by Crippen LogP contribution is -2.40. The molecule has 0 atom stereocenters. The van der Waals surface area contributed by atoms with Crippen molar-refractivity contribution in [3.05, 3.63) is 28.8 Å². The summed E-state index contributed by atoms with van der Waals surface area (Å²) in [4.78, 5) is 12.9. The Balaban J connectivity index is 2.32. The number of carboxylic acid groups (broad SMARTS) is 1. The molecule has 0 radical (unpaired) electrons. The van der Waals surface area contributed by atoms with Crippen molar-refractivity contribution in [3.8, 4) is 0 Å². The fraction of sp³-hybridized carbons (Fsp3) is 0.364. The van der Waals surface area contributed by atoms with Crippen LogP contribution in [0.25, 0.3) is 0 Å². The molecule has 18 heavy (non-hydrogen) atoms. The molecule has 0 unspecified atom stereocenters. The monoisotopic (exact) mass is 289 g/mol. The molecule has 1 heterocycles. The van der Waals surface area contributed by atoms with Gasteiger partial charge in [0.15, 0.2) is 9.84 Å². The van der Waals surface area contributed by atoms with E-state index >= 15 is 0 Å². The Hall–Kier alpha value is -1.27. The van der Waals surface area contributed by atoms with Gasteiger partial charge in [-0.1, -0.05) is 11.6 Å². The lowest BCUT2D eigenvalue weighted by atomic mass is 10.1. The molecule has 2 rings (SSSR count). The maximum atomic E-state index is 11.3. The summed E-state index contributed by atoms with van der Waals surface area (Å²) in [6.45, 7) is 0.620. The van der Waals surface area contributed by atoms with E-state index < -0.39 is 15.8 Å². The molecular formula is C11H12ClNO4S. The molecule has 0 saturated carbocycles. The molecular weight excluding hydrogens is 278 g/mol. The summed E-state index contributed by atoms with van der Waals surface area (Å²) in [5.41, 5.74) is 0.614. The average molecular weight is 290 g/mol. The highest BCUT2D eigenvalue weighted by Gasteiger charge is 2.24. The van der Waals surface area contributed by atoms with Gasteiger partial charge in [-0.25, -0.2) is 13.2 Å². The molecule has 1 aromatic rings. The number of rotatable bonds is 2. The molecule has 0 bridgehead atoms. The summed E-state index contributed by atoms with van der Waals surface area (Å²) in [5.74, 6) is -0.968. The van der Waals surface area contributed by atoms with E-state index in [9.17, 15) is 13.2 Å². The van der Waals surface area contributed by atoms with E-state index in [2.05, 4.69) is 0 Å². The number of halogens is 1. The van der Waals surface area contributed by atoms with Gasteiger partial charge in [-0.2, -0.15) is 0 Å². The van der Waals surface area contributed by atoms with E-state index in [1.807, 2.05) is 0 Å². The van der Waals surface area contributed by atoms with Crippen LogP contribution in [0, 0.1) is 0 Å². The molecule has 1 aliphatic heterocycles. The van der Waals surface area contributed by atoms with Crippen LogP contribution in [0.1, 0.15) is 10.4 Å². The van der Waals surface area contributed by atoms with Crippen molar-refractivity contribution in [1.29, 1.82) is 0 Å². The zero-order valence-electron chi connectivity index (χ0n) is 9.47. The number of anilines is 1. The van der Waals surface area contributed by atoms with E-state index in [1.165, 1.54) is 6.07 Å². The molecule has 7 heteroatoms. The molecule has 0 spiro atoms. The second-order valence-electron chi connectivity index (χ2n) is 4.11. The molecule has 1 saturated heterocycles. The number of hydrogen-bond donors (Lipinski definition) is 1. The minimum absolute atomic E-state index is 0.0503. The smallest absolute Gasteiger partial charge is 0.337 e. The fourth-order valence-corrected chi connectivity index (χ4v) is 3.28. The molecule has 98 valence electrons. The van der Waals surface area contributed by atoms with E-state index in [-0.39, 0.29) is 17.1 Å². The molecule has 1 aromatic carbocycles. The highest BCUT2D eigenvalue weighted by molar-refractivity contribution is 7.91. The standard InChI is InChI=1S/C11H12ClNO4S/c12-8-1-2-10(9(7-8)11(14)15)13-3-5-18(16,17)6-4-13/h1-2,7H,3-6H2,(H,14,15). The molecule has 5 nitrogen and oxygen atoms in total. The Labute approximate surface area is 110 Å². The van der Waals surface area contributed by atoms with Crippen LogP contribution in [0.3, 0.4) is 0 Å². The van der Waals surface area contributed by atoms with Crippen molar-refractivity contribution in [1.82, 2.24) is 0 Å². The number of nitrogens with zero attached hydrogens (tertiary/aromatic N) is 1. The highest BCUT2D eigenvalue weighted by Crippen LogP contribution is 2.25. The summed E-state index contributed by atoms with van der Waals surface area (Å²) >= 11 is 5.77. The number of carbonyl (C=O) groups is 1. The zero-order valence-corrected chi connectivity index (χ0v) is 11.0. The first-order chi connectivity index (χ1) is 8.39. The number of carboxylic acids is 1. The molecule has 1 aliphatic rings. The van der Waals surface area contributed by atoms with Crippen molar-refractivity contribution in [2.24, 2.45) is 0 Å². The average Bonchev–Trinajstić information content (AvgIpc) is 2.29. The van der Waals surface area contributed by atoms with Crippen LogP contribution in [0.5, 0.6) is 0 Å². The van der Waals surface area contributed by atoms with Gasteiger partial charge in [0.1, 0.15) is 0 Å². The van der Waals surface area contributed by atoms with Crippen molar-refractivity contribution in [3.63, 3.8) is 0 Å². The van der Waals surface area contributed by atoms with E-state index in [0.29, 0.717) is 23.8 Å². The minimum atomic E-state index is -2.98. The van der Waals surface area contributed by atoms with Crippen LogP contribution in [-0.2, 0) is 9.84 Å². The van der Waals surface area contributed by atoms with Gasteiger partial charge in [-0.05, 0) is 18.2 Å². The number of hydrogen-bond acceptors (Lipinski definition) is 4. The third-order valence-electron chi connectivity index (χ3n) is 2.87. The Morgan fingerprint density at radius 3 is 2.44 bits per heavy atom. The summed E-state index contributed by atoms with van der Waals surface area (Å²) < 4.78 is 22.7. The predicted octanol–water partition coefficient (Wildman–Crippen LogP) is 1.27. The summed E-state index contributed by atoms with van der Waals surface area (Å²) in [6, 6.07) is 4.60. The molecule has 0 aromatic heterocycles. The second-order valence-corrected chi connectivity index (χ2v) is 6.85. The largest absolute Gasteiger partial charge is 0.478 e. The number of sulfone groups is 1. The number of aromatic carboxylic acids is 1. The third-order valence-corrected chi connectivity index (χ3v) is 4.72. The minimum Gasteiger partial charge on any atom is -0.478 e. The Bertz CT molecular complexity index is 571. The molecule has 1 fully saturated rings. The predicted molar refractivity (Wildman–Crippen MR) is 69.3 cm³/mol. The SMILES string of the molecule is O=C(O)c1cc(Cl)ccc1N1CCS(=O)(=O)CC1. The molecule has 0 amide bonds. The van der Waals surface area contributed by atoms with Crippen LogP contribution in [0.4, 0.5) is 5.69 Å². The lowest BCUT2D eigenvalue weighted by molar-refractivity contribution is 0.0697. The zero-order chi connectivity index (χ0) is 13.3. The second kappa shape index (κ2) is 4.78. The van der Waals surface area contributed by atoms with Gasteiger partial charge >= 0.3 is 5.97 Å². The van der Waals surface area contributed by atoms with Crippen molar-refractivity contribution >= 4 is 33.1 Å². The summed E-state index contributed by atoms with van der Waals surface area (Å²) in [6.07, 6.45) is 0. The molecule has 1 N–H and O–H groups in total. The highest BCUT2D eigenvalue weighted by atomic mass is 35.5. The van der Waals surface area contributed by atoms with Crippen molar-refractivity contribution < 1.29 is 18.3 Å². The Morgan fingerprint density at radius 2 is 1.89 bits per heavy atom. The van der Waals surface area contributed by atoms with Crippen LogP contribution in [0.2, 0.25) is 5.02 Å². The van der Waals surface area contributed by atoms with Gasteiger partial charge in [0.05, 0.1) is 22.8 Å². The lowest BCUT2D eigenvalue weighted by Gasteiger charge is -2.29. The van der Waals surface area contributed by atoms with Crippen LogP contribution >= 0.6 is 11.6 Å². The van der Waals surface area contributed by atoms with Gasteiger partial charge < -0.3 is 10.0 Å². The maximum Gasteiger partial charge on any atom is 0.337 e. The van der Waals surface area contributed by atoms with Gasteiger partial charge in [0.2, 0.25) is 0 Å². The topological polar surface area (TPSA) is 74.7 Å². The van der Waals surface area contributed by atoms with E-state index in [0.717, 1.165) is 0 Å². The normalized spacial score (nSPS) is 18.6. The van der Waals surface area contributed by atoms with Crippen LogP contribution < -0.4 is 4.90 Å². The van der Waals surface area contributed by atoms with Crippen molar-refractivity contribution in [2.45, 2.75) is 0 Å². The van der Waals surface area contributed by atoms with Crippen molar-refractivity contribution in [2.75, 3.05) is 29.5 Å².